The van der Waals surface area contributed by atoms with Gasteiger partial charge in [-0.05, 0) is 73.0 Å². The van der Waals surface area contributed by atoms with E-state index < -0.39 is 28.5 Å². The normalized spacial score (nSPS) is 12.9. The number of carbonyl (C=O) groups is 1. The summed E-state index contributed by atoms with van der Waals surface area (Å²) in [5, 5.41) is 22.9. The molecular weight excluding hydrogens is 513 g/mol. The highest BCUT2D eigenvalue weighted by Crippen LogP contribution is 2.24. The number of sulfone groups is 1. The molecule has 0 unspecified atom stereocenters. The van der Waals surface area contributed by atoms with E-state index in [1.807, 2.05) is 13.0 Å². The summed E-state index contributed by atoms with van der Waals surface area (Å²) in [4.78, 5) is 10.8. The first kappa shape index (κ1) is 28.6. The smallest absolute Gasteiger partial charge is 0.341 e. The van der Waals surface area contributed by atoms with Crippen LogP contribution in [0.4, 0.5) is 0 Å². The lowest BCUT2D eigenvalue weighted by atomic mass is 10.1. The Morgan fingerprint density at radius 1 is 1.03 bits per heavy atom. The zero-order valence-electron chi connectivity index (χ0n) is 18.9. The van der Waals surface area contributed by atoms with Gasteiger partial charge in [0.15, 0.2) is 6.61 Å². The van der Waals surface area contributed by atoms with Gasteiger partial charge in [-0.15, -0.1) is 12.4 Å². The summed E-state index contributed by atoms with van der Waals surface area (Å²) in [6, 6.07) is 19.4. The van der Waals surface area contributed by atoms with Crippen molar-refractivity contribution in [3.05, 3.63) is 88.9 Å². The van der Waals surface area contributed by atoms with Crippen LogP contribution in [-0.4, -0.2) is 43.8 Å². The standard InChI is InChI=1S/C25H26ClNO6S.ClH/c1-17(27-15-24(28)19-3-2-4-20(26)14-19)13-18-5-9-22(10-6-18)34(31,32)23-11-7-21(8-12-23)33-16-25(29)30;/h2-12,14,17,24,27-28H,13,15-16H2,1H3,(H,29,30);1H/t17-,24-;/m1./s1. The molecule has 10 heteroatoms. The summed E-state index contributed by atoms with van der Waals surface area (Å²) in [6.07, 6.45) is -0.0346. The first-order chi connectivity index (χ1) is 16.1. The molecule has 188 valence electrons. The second-order valence-electron chi connectivity index (χ2n) is 7.89. The van der Waals surface area contributed by atoms with Gasteiger partial charge in [-0.2, -0.15) is 0 Å². The molecule has 0 amide bonds. The third-order valence-corrected chi connectivity index (χ3v) is 7.19. The van der Waals surface area contributed by atoms with Gasteiger partial charge in [-0.25, -0.2) is 13.2 Å². The van der Waals surface area contributed by atoms with Gasteiger partial charge < -0.3 is 20.3 Å². The minimum atomic E-state index is -3.72. The van der Waals surface area contributed by atoms with Crippen LogP contribution in [0.3, 0.4) is 0 Å². The van der Waals surface area contributed by atoms with Crippen molar-refractivity contribution in [2.24, 2.45) is 0 Å². The quantitative estimate of drug-likeness (QED) is 0.332. The lowest BCUT2D eigenvalue weighted by Crippen LogP contribution is -2.32. The van der Waals surface area contributed by atoms with E-state index in [4.69, 9.17) is 21.4 Å². The number of ether oxygens (including phenoxy) is 1. The molecule has 0 aliphatic rings. The Bertz CT molecular complexity index is 1220. The fourth-order valence-electron chi connectivity index (χ4n) is 3.37. The highest BCUT2D eigenvalue weighted by atomic mass is 35.5. The molecule has 0 saturated carbocycles. The number of hydrogen-bond donors (Lipinski definition) is 3. The van der Waals surface area contributed by atoms with E-state index in [-0.39, 0.29) is 34.0 Å². The fraction of sp³-hybridized carbons (Fsp3) is 0.240. The Kier molecular flexibility index (Phi) is 10.5. The van der Waals surface area contributed by atoms with Gasteiger partial charge in [0, 0.05) is 17.6 Å². The Morgan fingerprint density at radius 2 is 1.63 bits per heavy atom. The lowest BCUT2D eigenvalue weighted by Gasteiger charge is -2.18. The molecule has 0 fully saturated rings. The van der Waals surface area contributed by atoms with Crippen LogP contribution >= 0.6 is 24.0 Å². The number of aliphatic carboxylic acids is 1. The Balaban J connectivity index is 0.00000432. The number of benzene rings is 3. The molecule has 0 aliphatic heterocycles. The summed E-state index contributed by atoms with van der Waals surface area (Å²) in [6.45, 7) is 1.85. The number of halogens is 2. The second-order valence-corrected chi connectivity index (χ2v) is 10.3. The van der Waals surface area contributed by atoms with Crippen molar-refractivity contribution in [1.82, 2.24) is 5.32 Å². The number of hydrogen-bond acceptors (Lipinski definition) is 6. The van der Waals surface area contributed by atoms with E-state index in [1.165, 1.54) is 24.3 Å². The van der Waals surface area contributed by atoms with E-state index in [1.54, 1.807) is 42.5 Å². The first-order valence-corrected chi connectivity index (χ1v) is 12.5. The molecule has 0 saturated heterocycles. The average molecular weight is 540 g/mol. The number of carboxylic acid groups (broad SMARTS) is 1. The molecule has 2 atom stereocenters. The van der Waals surface area contributed by atoms with E-state index in [9.17, 15) is 18.3 Å². The van der Waals surface area contributed by atoms with E-state index >= 15 is 0 Å². The van der Waals surface area contributed by atoms with Gasteiger partial charge in [-0.1, -0.05) is 35.9 Å². The maximum Gasteiger partial charge on any atom is 0.341 e. The third-order valence-electron chi connectivity index (χ3n) is 5.16. The maximum atomic E-state index is 12.9. The van der Waals surface area contributed by atoms with Crippen LogP contribution in [0.2, 0.25) is 5.02 Å². The Hall–Kier alpha value is -2.62. The highest BCUT2D eigenvalue weighted by molar-refractivity contribution is 7.91. The minimum absolute atomic E-state index is 0. The molecule has 35 heavy (non-hydrogen) atoms. The molecular formula is C25H27Cl2NO6S. The van der Waals surface area contributed by atoms with Crippen LogP contribution < -0.4 is 10.1 Å². The number of rotatable bonds is 11. The summed E-state index contributed by atoms with van der Waals surface area (Å²) in [5.74, 6) is -0.836. The molecule has 3 aromatic rings. The zero-order valence-corrected chi connectivity index (χ0v) is 21.3. The molecule has 0 radical (unpaired) electrons. The van der Waals surface area contributed by atoms with Crippen LogP contribution in [0, 0.1) is 0 Å². The molecule has 3 rings (SSSR count). The van der Waals surface area contributed by atoms with Crippen LogP contribution in [0.25, 0.3) is 0 Å². The highest BCUT2D eigenvalue weighted by Gasteiger charge is 2.18. The lowest BCUT2D eigenvalue weighted by molar-refractivity contribution is -0.139. The molecule has 3 aromatic carbocycles. The van der Waals surface area contributed by atoms with Gasteiger partial charge in [0.2, 0.25) is 9.84 Å². The largest absolute Gasteiger partial charge is 0.482 e. The van der Waals surface area contributed by atoms with Gasteiger partial charge in [0.05, 0.1) is 15.9 Å². The molecule has 0 heterocycles. The van der Waals surface area contributed by atoms with Gasteiger partial charge >= 0.3 is 5.97 Å². The SMILES string of the molecule is C[C@H](Cc1ccc(S(=O)(=O)c2ccc(OCC(=O)O)cc2)cc1)NC[C@@H](O)c1cccc(Cl)c1.Cl. The molecule has 0 aromatic heterocycles. The van der Waals surface area contributed by atoms with E-state index in [0.29, 0.717) is 18.0 Å². The van der Waals surface area contributed by atoms with Crippen molar-refractivity contribution >= 4 is 39.8 Å². The van der Waals surface area contributed by atoms with Crippen molar-refractivity contribution in [3.63, 3.8) is 0 Å². The number of aliphatic hydroxyl groups excluding tert-OH is 1. The summed E-state index contributed by atoms with van der Waals surface area (Å²) in [5.41, 5.74) is 1.69. The molecule has 0 spiro atoms. The predicted molar refractivity (Wildman–Crippen MR) is 136 cm³/mol. The molecule has 7 nitrogen and oxygen atoms in total. The maximum absolute atomic E-state index is 12.9. The number of carboxylic acids is 1. The van der Waals surface area contributed by atoms with Gasteiger partial charge in [0.1, 0.15) is 5.75 Å². The van der Waals surface area contributed by atoms with E-state index in [2.05, 4.69) is 5.32 Å². The summed E-state index contributed by atoms with van der Waals surface area (Å²) < 4.78 is 30.8. The van der Waals surface area contributed by atoms with Crippen molar-refractivity contribution in [2.45, 2.75) is 35.3 Å². The summed E-state index contributed by atoms with van der Waals surface area (Å²) in [7, 11) is -3.72. The molecule has 0 bridgehead atoms. The Morgan fingerprint density at radius 3 is 2.20 bits per heavy atom. The third kappa shape index (κ3) is 8.23. The van der Waals surface area contributed by atoms with Crippen LogP contribution in [0.5, 0.6) is 5.75 Å². The van der Waals surface area contributed by atoms with Crippen molar-refractivity contribution in [2.75, 3.05) is 13.2 Å². The fourth-order valence-corrected chi connectivity index (χ4v) is 4.83. The van der Waals surface area contributed by atoms with Crippen LogP contribution in [0.1, 0.15) is 24.2 Å². The van der Waals surface area contributed by atoms with Gasteiger partial charge in [0.25, 0.3) is 0 Å². The van der Waals surface area contributed by atoms with Crippen molar-refractivity contribution < 1.29 is 28.2 Å². The molecule has 3 N–H and O–H groups in total. The van der Waals surface area contributed by atoms with Crippen LogP contribution in [0.15, 0.2) is 82.6 Å². The average Bonchev–Trinajstić information content (AvgIpc) is 2.82. The summed E-state index contributed by atoms with van der Waals surface area (Å²) >= 11 is 5.97. The second kappa shape index (κ2) is 12.9. The number of nitrogens with one attached hydrogen (secondary N) is 1. The number of aliphatic hydroxyl groups is 1. The molecule has 0 aliphatic carbocycles. The first-order valence-electron chi connectivity index (χ1n) is 10.6. The Labute approximate surface area is 216 Å². The van der Waals surface area contributed by atoms with E-state index in [0.717, 1.165) is 11.1 Å². The topological polar surface area (TPSA) is 113 Å². The monoisotopic (exact) mass is 539 g/mol. The predicted octanol–water partition coefficient (Wildman–Crippen LogP) is 4.31. The zero-order chi connectivity index (χ0) is 24.7. The van der Waals surface area contributed by atoms with Crippen molar-refractivity contribution in [3.8, 4) is 5.75 Å². The van der Waals surface area contributed by atoms with Gasteiger partial charge in [-0.3, -0.25) is 0 Å². The van der Waals surface area contributed by atoms with Crippen LogP contribution in [-0.2, 0) is 21.1 Å². The minimum Gasteiger partial charge on any atom is -0.482 e. The van der Waals surface area contributed by atoms with Crippen molar-refractivity contribution in [1.29, 1.82) is 0 Å².